The topological polar surface area (TPSA) is 64.1 Å². The minimum absolute atomic E-state index is 0.250. The summed E-state index contributed by atoms with van der Waals surface area (Å²) in [5.41, 5.74) is 0.689. The van der Waals surface area contributed by atoms with Gasteiger partial charge >= 0.3 is 5.97 Å². The van der Waals surface area contributed by atoms with Crippen LogP contribution in [0.5, 0.6) is 0 Å². The number of benzene rings is 1. The highest BCUT2D eigenvalue weighted by atomic mass is 32.1. The number of hydrogen-bond acceptors (Lipinski definition) is 6. The molecule has 0 radical (unpaired) electrons. The molecular weight excluding hydrogens is 305 g/mol. The van der Waals surface area contributed by atoms with Crippen LogP contribution in [0.15, 0.2) is 24.3 Å². The largest absolute Gasteiger partial charge is 0.468 e. The molecule has 0 spiro atoms. The number of esters is 1. The van der Waals surface area contributed by atoms with Crippen LogP contribution < -0.4 is 5.32 Å². The lowest BCUT2D eigenvalue weighted by Gasteiger charge is -2.15. The summed E-state index contributed by atoms with van der Waals surface area (Å²) in [5, 5.41) is 3.75. The molecule has 0 aliphatic rings. The SMILES string of the molecule is COC(=O)C(CNc1nc(C(C)C)ns1)c1ccc(F)cc1. The molecule has 1 N–H and O–H groups in total. The lowest BCUT2D eigenvalue weighted by Crippen LogP contribution is -2.22. The highest BCUT2D eigenvalue weighted by Crippen LogP contribution is 2.21. The van der Waals surface area contributed by atoms with E-state index in [0.717, 1.165) is 5.82 Å². The second-order valence-corrected chi connectivity index (χ2v) is 5.87. The number of anilines is 1. The number of nitrogens with one attached hydrogen (secondary N) is 1. The molecule has 0 saturated heterocycles. The first-order valence-electron chi connectivity index (χ1n) is 6.92. The molecule has 2 rings (SSSR count). The number of carbonyl (C=O) groups is 1. The van der Waals surface area contributed by atoms with Crippen LogP contribution in [0.4, 0.5) is 9.52 Å². The summed E-state index contributed by atoms with van der Waals surface area (Å²) in [6, 6.07) is 5.82. The molecule has 1 atom stereocenters. The Balaban J connectivity index is 2.09. The van der Waals surface area contributed by atoms with Crippen molar-refractivity contribution in [3.63, 3.8) is 0 Å². The van der Waals surface area contributed by atoms with Crippen molar-refractivity contribution in [2.75, 3.05) is 19.0 Å². The van der Waals surface area contributed by atoms with Gasteiger partial charge < -0.3 is 10.1 Å². The van der Waals surface area contributed by atoms with Crippen molar-refractivity contribution in [1.82, 2.24) is 9.36 Å². The molecule has 5 nitrogen and oxygen atoms in total. The second-order valence-electron chi connectivity index (χ2n) is 5.12. The van der Waals surface area contributed by atoms with E-state index in [1.165, 1.54) is 30.8 Å². The normalized spacial score (nSPS) is 12.2. The van der Waals surface area contributed by atoms with E-state index in [9.17, 15) is 9.18 Å². The number of carbonyl (C=O) groups excluding carboxylic acids is 1. The third-order valence-electron chi connectivity index (χ3n) is 3.17. The number of rotatable bonds is 6. The Bertz CT molecular complexity index is 628. The van der Waals surface area contributed by atoms with Gasteiger partial charge in [0.25, 0.3) is 0 Å². The van der Waals surface area contributed by atoms with Crippen LogP contribution in [-0.4, -0.2) is 29.0 Å². The van der Waals surface area contributed by atoms with Crippen LogP contribution in [0.3, 0.4) is 0 Å². The molecule has 0 aliphatic carbocycles. The highest BCUT2D eigenvalue weighted by Gasteiger charge is 2.22. The smallest absolute Gasteiger partial charge is 0.314 e. The van der Waals surface area contributed by atoms with Gasteiger partial charge in [0, 0.05) is 24.0 Å². The maximum atomic E-state index is 13.0. The lowest BCUT2D eigenvalue weighted by atomic mass is 9.99. The number of methoxy groups -OCH3 is 1. The first-order chi connectivity index (χ1) is 10.5. The summed E-state index contributed by atoms with van der Waals surface area (Å²) in [6.07, 6.45) is 0. The van der Waals surface area contributed by atoms with E-state index in [1.807, 2.05) is 13.8 Å². The predicted molar refractivity (Wildman–Crippen MR) is 83.6 cm³/mol. The number of aromatic nitrogens is 2. The first kappa shape index (κ1) is 16.4. The summed E-state index contributed by atoms with van der Waals surface area (Å²) >= 11 is 1.25. The van der Waals surface area contributed by atoms with Gasteiger partial charge in [0.05, 0.1) is 13.0 Å². The average Bonchev–Trinajstić information content (AvgIpc) is 2.98. The fourth-order valence-corrected chi connectivity index (χ4v) is 2.62. The van der Waals surface area contributed by atoms with E-state index in [2.05, 4.69) is 14.7 Å². The van der Waals surface area contributed by atoms with Crippen LogP contribution in [-0.2, 0) is 9.53 Å². The zero-order valence-electron chi connectivity index (χ0n) is 12.7. The molecule has 2 aromatic rings. The third-order valence-corrected chi connectivity index (χ3v) is 3.86. The molecule has 22 heavy (non-hydrogen) atoms. The van der Waals surface area contributed by atoms with Crippen LogP contribution in [0.25, 0.3) is 0 Å². The zero-order chi connectivity index (χ0) is 16.1. The van der Waals surface area contributed by atoms with Crippen LogP contribution in [0.2, 0.25) is 0 Å². The molecule has 118 valence electrons. The van der Waals surface area contributed by atoms with Crippen LogP contribution in [0.1, 0.15) is 37.1 Å². The highest BCUT2D eigenvalue weighted by molar-refractivity contribution is 7.09. The Labute approximate surface area is 132 Å². The van der Waals surface area contributed by atoms with Gasteiger partial charge in [0.2, 0.25) is 5.13 Å². The van der Waals surface area contributed by atoms with E-state index in [1.54, 1.807) is 12.1 Å². The Morgan fingerprint density at radius 1 is 1.36 bits per heavy atom. The molecule has 1 aromatic heterocycles. The number of halogens is 1. The maximum Gasteiger partial charge on any atom is 0.314 e. The van der Waals surface area contributed by atoms with E-state index >= 15 is 0 Å². The van der Waals surface area contributed by atoms with E-state index in [0.29, 0.717) is 17.2 Å². The molecule has 0 aliphatic heterocycles. The molecule has 1 unspecified atom stereocenters. The molecule has 0 bridgehead atoms. The Morgan fingerprint density at radius 2 is 2.05 bits per heavy atom. The maximum absolute atomic E-state index is 13.0. The van der Waals surface area contributed by atoms with Crippen molar-refractivity contribution in [3.8, 4) is 0 Å². The molecule has 1 aromatic carbocycles. The monoisotopic (exact) mass is 323 g/mol. The van der Waals surface area contributed by atoms with Crippen LogP contribution in [0, 0.1) is 5.82 Å². The van der Waals surface area contributed by atoms with Crippen molar-refractivity contribution in [2.45, 2.75) is 25.7 Å². The van der Waals surface area contributed by atoms with Gasteiger partial charge in [0.1, 0.15) is 11.6 Å². The summed E-state index contributed by atoms with van der Waals surface area (Å²) in [5.74, 6) is -0.236. The molecular formula is C15H18FN3O2S. The summed E-state index contributed by atoms with van der Waals surface area (Å²) < 4.78 is 22.1. The number of hydrogen-bond donors (Lipinski definition) is 1. The van der Waals surface area contributed by atoms with Gasteiger partial charge in [-0.15, -0.1) is 0 Å². The Kier molecular flexibility index (Phi) is 5.43. The Morgan fingerprint density at radius 3 is 2.59 bits per heavy atom. The van der Waals surface area contributed by atoms with Gasteiger partial charge in [0.15, 0.2) is 0 Å². The summed E-state index contributed by atoms with van der Waals surface area (Å²) in [4.78, 5) is 16.3. The van der Waals surface area contributed by atoms with E-state index in [4.69, 9.17) is 4.74 Å². The van der Waals surface area contributed by atoms with Gasteiger partial charge in [-0.25, -0.2) is 9.37 Å². The molecule has 0 saturated carbocycles. The fraction of sp³-hybridized carbons (Fsp3) is 0.400. The van der Waals surface area contributed by atoms with Gasteiger partial charge in [-0.05, 0) is 17.7 Å². The molecule has 1 heterocycles. The summed E-state index contributed by atoms with van der Waals surface area (Å²) in [7, 11) is 1.33. The third kappa shape index (κ3) is 4.00. The lowest BCUT2D eigenvalue weighted by molar-refractivity contribution is -0.142. The molecule has 7 heteroatoms. The Hall–Kier alpha value is -2.02. The van der Waals surface area contributed by atoms with Crippen molar-refractivity contribution >= 4 is 22.6 Å². The van der Waals surface area contributed by atoms with Gasteiger partial charge in [-0.2, -0.15) is 4.37 Å². The van der Waals surface area contributed by atoms with Crippen molar-refractivity contribution in [1.29, 1.82) is 0 Å². The molecule has 0 fully saturated rings. The average molecular weight is 323 g/mol. The fourth-order valence-electron chi connectivity index (χ4n) is 1.91. The van der Waals surface area contributed by atoms with E-state index in [-0.39, 0.29) is 17.7 Å². The van der Waals surface area contributed by atoms with Crippen molar-refractivity contribution < 1.29 is 13.9 Å². The van der Waals surface area contributed by atoms with Gasteiger partial charge in [-0.3, -0.25) is 4.79 Å². The van der Waals surface area contributed by atoms with Gasteiger partial charge in [-0.1, -0.05) is 26.0 Å². The first-order valence-corrected chi connectivity index (χ1v) is 7.69. The predicted octanol–water partition coefficient (Wildman–Crippen LogP) is 3.17. The van der Waals surface area contributed by atoms with E-state index < -0.39 is 5.92 Å². The zero-order valence-corrected chi connectivity index (χ0v) is 13.5. The summed E-state index contributed by atoms with van der Waals surface area (Å²) in [6.45, 7) is 4.34. The minimum atomic E-state index is -0.531. The van der Waals surface area contributed by atoms with Crippen LogP contribution >= 0.6 is 11.5 Å². The molecule has 0 amide bonds. The standard InChI is InChI=1S/C15H18FN3O2S/c1-9(2)13-18-15(22-19-13)17-8-12(14(20)21-3)10-4-6-11(16)7-5-10/h4-7,9,12H,8H2,1-3H3,(H,17,18,19). The minimum Gasteiger partial charge on any atom is -0.468 e. The van der Waals surface area contributed by atoms with Crippen molar-refractivity contribution in [3.05, 3.63) is 41.5 Å². The second kappa shape index (κ2) is 7.31. The number of ether oxygens (including phenoxy) is 1. The van der Waals surface area contributed by atoms with Crippen molar-refractivity contribution in [2.24, 2.45) is 0 Å². The number of nitrogens with zero attached hydrogens (tertiary/aromatic N) is 2. The quantitative estimate of drug-likeness (QED) is 0.827.